The van der Waals surface area contributed by atoms with Crippen molar-refractivity contribution in [2.75, 3.05) is 13.1 Å². The second-order valence-electron chi connectivity index (χ2n) is 13.3. The van der Waals surface area contributed by atoms with Gasteiger partial charge in [-0.1, -0.05) is 193 Å². The van der Waals surface area contributed by atoms with Crippen LogP contribution in [-0.2, 0) is 0 Å². The largest absolute Gasteiger partial charge is 0.478 e. The molecule has 1 amide bonds. The molecule has 0 unspecified atom stereocenters. The van der Waals surface area contributed by atoms with Crippen LogP contribution in [0.5, 0.6) is 0 Å². The lowest BCUT2D eigenvalue weighted by atomic mass is 10.0. The van der Waals surface area contributed by atoms with Crippen molar-refractivity contribution in [2.24, 2.45) is 0 Å². The van der Waals surface area contributed by atoms with Gasteiger partial charge in [-0.05, 0) is 25.0 Å². The maximum absolute atomic E-state index is 13.5. The van der Waals surface area contributed by atoms with Crippen molar-refractivity contribution in [3.8, 4) is 0 Å². The summed E-state index contributed by atoms with van der Waals surface area (Å²) in [5, 5.41) is 9.64. The van der Waals surface area contributed by atoms with Crippen LogP contribution in [0.25, 0.3) is 0 Å². The molecule has 0 aromatic heterocycles. The van der Waals surface area contributed by atoms with E-state index in [2.05, 4.69) is 13.8 Å². The number of benzene rings is 1. The Morgan fingerprint density at radius 1 is 0.455 bits per heavy atom. The molecule has 0 radical (unpaired) electrons. The minimum Gasteiger partial charge on any atom is -0.478 e. The van der Waals surface area contributed by atoms with E-state index in [4.69, 9.17) is 0 Å². The molecule has 1 rings (SSSR count). The molecule has 0 heterocycles. The molecule has 0 aliphatic heterocycles. The molecular formula is C40H71NO3. The summed E-state index contributed by atoms with van der Waals surface area (Å²) in [6.45, 7) is 6.00. The second-order valence-corrected chi connectivity index (χ2v) is 13.3. The van der Waals surface area contributed by atoms with Crippen molar-refractivity contribution >= 4 is 11.9 Å². The monoisotopic (exact) mass is 614 g/mol. The van der Waals surface area contributed by atoms with Gasteiger partial charge in [0.25, 0.3) is 5.91 Å². The number of aromatic carboxylic acids is 1. The molecule has 0 aliphatic carbocycles. The molecule has 4 heteroatoms. The highest BCUT2D eigenvalue weighted by Crippen LogP contribution is 2.17. The van der Waals surface area contributed by atoms with Gasteiger partial charge in [-0.3, -0.25) is 4.79 Å². The van der Waals surface area contributed by atoms with Crippen LogP contribution in [0.3, 0.4) is 0 Å². The van der Waals surface area contributed by atoms with Crippen LogP contribution < -0.4 is 0 Å². The van der Waals surface area contributed by atoms with Gasteiger partial charge in [0.2, 0.25) is 0 Å². The van der Waals surface area contributed by atoms with E-state index in [9.17, 15) is 14.7 Å². The summed E-state index contributed by atoms with van der Waals surface area (Å²) in [5.74, 6) is -1.14. The maximum Gasteiger partial charge on any atom is 0.336 e. The van der Waals surface area contributed by atoms with E-state index in [0.29, 0.717) is 5.56 Å². The molecule has 1 N–H and O–H groups in total. The normalized spacial score (nSPS) is 11.2. The number of unbranched alkanes of at least 4 members (excludes halogenated alkanes) is 26. The number of hydrogen-bond acceptors (Lipinski definition) is 2. The Labute approximate surface area is 273 Å². The van der Waals surface area contributed by atoms with Gasteiger partial charge in [0.05, 0.1) is 11.1 Å². The van der Waals surface area contributed by atoms with Crippen LogP contribution >= 0.6 is 0 Å². The van der Waals surface area contributed by atoms with E-state index in [1.807, 2.05) is 4.90 Å². The van der Waals surface area contributed by atoms with Crippen molar-refractivity contribution in [3.05, 3.63) is 35.4 Å². The first-order valence-electron chi connectivity index (χ1n) is 19.2. The molecule has 0 aliphatic rings. The highest BCUT2D eigenvalue weighted by molar-refractivity contribution is 6.04. The zero-order chi connectivity index (χ0) is 31.9. The van der Waals surface area contributed by atoms with E-state index in [1.165, 1.54) is 154 Å². The number of nitrogens with zero attached hydrogens (tertiary/aromatic N) is 1. The summed E-state index contributed by atoms with van der Waals surface area (Å²) in [4.78, 5) is 27.2. The third kappa shape index (κ3) is 21.8. The fourth-order valence-corrected chi connectivity index (χ4v) is 6.34. The first-order chi connectivity index (χ1) is 21.6. The molecule has 0 saturated heterocycles. The second kappa shape index (κ2) is 29.8. The van der Waals surface area contributed by atoms with Crippen LogP contribution in [-0.4, -0.2) is 35.0 Å². The van der Waals surface area contributed by atoms with Crippen LogP contribution in [0, 0.1) is 0 Å². The molecule has 254 valence electrons. The standard InChI is InChI=1S/C40H71NO3/c1-3-5-7-9-11-13-15-17-19-21-23-25-27-31-35-41(39(42)37-33-29-30-34-38(37)40(43)44)36-32-28-26-24-22-20-18-16-14-12-10-8-6-4-2/h29-30,33-34H,3-28,31-32,35-36H2,1-2H3,(H,43,44). The summed E-state index contributed by atoms with van der Waals surface area (Å²) < 4.78 is 0. The predicted molar refractivity (Wildman–Crippen MR) is 190 cm³/mol. The lowest BCUT2D eigenvalue weighted by Crippen LogP contribution is -2.34. The highest BCUT2D eigenvalue weighted by atomic mass is 16.4. The van der Waals surface area contributed by atoms with Crippen molar-refractivity contribution in [1.82, 2.24) is 4.90 Å². The fraction of sp³-hybridized carbons (Fsp3) is 0.800. The number of hydrogen-bond donors (Lipinski definition) is 1. The van der Waals surface area contributed by atoms with Gasteiger partial charge in [-0.15, -0.1) is 0 Å². The fourth-order valence-electron chi connectivity index (χ4n) is 6.34. The average molecular weight is 614 g/mol. The van der Waals surface area contributed by atoms with E-state index >= 15 is 0 Å². The summed E-state index contributed by atoms with van der Waals surface area (Å²) in [6.07, 6.45) is 36.9. The van der Waals surface area contributed by atoms with Gasteiger partial charge in [-0.2, -0.15) is 0 Å². The number of carboxylic acids is 1. The SMILES string of the molecule is CCCCCCCCCCCCCCCCN(CCCCCCCCCCCCCCCC)C(=O)c1ccccc1C(=O)O. The van der Waals surface area contributed by atoms with Crippen molar-refractivity contribution in [1.29, 1.82) is 0 Å². The molecule has 0 fully saturated rings. The van der Waals surface area contributed by atoms with Crippen LogP contribution in [0.1, 0.15) is 214 Å². The summed E-state index contributed by atoms with van der Waals surface area (Å²) in [5.41, 5.74) is 0.445. The van der Waals surface area contributed by atoms with Gasteiger partial charge in [0.1, 0.15) is 0 Å². The average Bonchev–Trinajstić information content (AvgIpc) is 3.03. The van der Waals surface area contributed by atoms with Gasteiger partial charge in [0, 0.05) is 13.1 Å². The Morgan fingerprint density at radius 2 is 0.727 bits per heavy atom. The van der Waals surface area contributed by atoms with Gasteiger partial charge in [0.15, 0.2) is 0 Å². The minimum absolute atomic E-state index is 0.115. The number of carboxylic acid groups (broad SMARTS) is 1. The number of rotatable bonds is 32. The Hall–Kier alpha value is -1.84. The van der Waals surface area contributed by atoms with Crippen molar-refractivity contribution in [3.63, 3.8) is 0 Å². The van der Waals surface area contributed by atoms with Crippen LogP contribution in [0.2, 0.25) is 0 Å². The lowest BCUT2D eigenvalue weighted by molar-refractivity contribution is 0.0673. The minimum atomic E-state index is -1.03. The number of carbonyl (C=O) groups excluding carboxylic acids is 1. The molecule has 4 nitrogen and oxygen atoms in total. The molecule has 0 saturated carbocycles. The summed E-state index contributed by atoms with van der Waals surface area (Å²) >= 11 is 0. The van der Waals surface area contributed by atoms with Crippen molar-refractivity contribution in [2.45, 2.75) is 194 Å². The third-order valence-electron chi connectivity index (χ3n) is 9.24. The number of carbonyl (C=O) groups is 2. The quantitative estimate of drug-likeness (QED) is 0.0822. The molecule has 0 spiro atoms. The Kier molecular flexibility index (Phi) is 27.3. The zero-order valence-corrected chi connectivity index (χ0v) is 29.2. The molecule has 1 aromatic carbocycles. The van der Waals surface area contributed by atoms with E-state index < -0.39 is 5.97 Å². The third-order valence-corrected chi connectivity index (χ3v) is 9.24. The molecular weight excluding hydrogens is 542 g/mol. The predicted octanol–water partition coefficient (Wildman–Crippen LogP) is 12.8. The van der Waals surface area contributed by atoms with Crippen LogP contribution in [0.4, 0.5) is 0 Å². The lowest BCUT2D eigenvalue weighted by Gasteiger charge is -2.23. The Balaban J connectivity index is 2.27. The molecule has 1 aromatic rings. The Bertz CT molecular complexity index is 776. The topological polar surface area (TPSA) is 57.6 Å². The smallest absolute Gasteiger partial charge is 0.336 e. The Morgan fingerprint density at radius 3 is 1.02 bits per heavy atom. The molecule has 44 heavy (non-hydrogen) atoms. The van der Waals surface area contributed by atoms with Gasteiger partial charge in [-0.25, -0.2) is 4.79 Å². The first-order valence-corrected chi connectivity index (χ1v) is 19.2. The summed E-state index contributed by atoms with van der Waals surface area (Å²) in [7, 11) is 0. The highest BCUT2D eigenvalue weighted by Gasteiger charge is 2.21. The van der Waals surface area contributed by atoms with E-state index in [1.54, 1.807) is 24.3 Å². The van der Waals surface area contributed by atoms with E-state index in [-0.39, 0.29) is 11.5 Å². The van der Waals surface area contributed by atoms with E-state index in [0.717, 1.165) is 38.8 Å². The molecule has 0 bridgehead atoms. The zero-order valence-electron chi connectivity index (χ0n) is 29.2. The number of amides is 1. The molecule has 0 atom stereocenters. The van der Waals surface area contributed by atoms with Crippen molar-refractivity contribution < 1.29 is 14.7 Å². The van der Waals surface area contributed by atoms with Gasteiger partial charge >= 0.3 is 5.97 Å². The van der Waals surface area contributed by atoms with Gasteiger partial charge < -0.3 is 10.0 Å². The summed E-state index contributed by atoms with van der Waals surface area (Å²) in [6, 6.07) is 6.70. The van der Waals surface area contributed by atoms with Crippen LogP contribution in [0.15, 0.2) is 24.3 Å². The first kappa shape index (κ1) is 40.2. The maximum atomic E-state index is 13.5.